The number of fused-ring (bicyclic) bond motifs is 1. The van der Waals surface area contributed by atoms with Gasteiger partial charge in [-0.05, 0) is 19.1 Å². The van der Waals surface area contributed by atoms with Crippen LogP contribution in [0.5, 0.6) is 11.5 Å². The van der Waals surface area contributed by atoms with Crippen LogP contribution in [0.25, 0.3) is 0 Å². The van der Waals surface area contributed by atoms with Gasteiger partial charge in [-0.3, -0.25) is 4.79 Å². The van der Waals surface area contributed by atoms with E-state index in [2.05, 4.69) is 11.9 Å². The van der Waals surface area contributed by atoms with E-state index in [0.717, 1.165) is 5.57 Å². The molecule has 0 aromatic heterocycles. The van der Waals surface area contributed by atoms with Crippen molar-refractivity contribution in [2.45, 2.75) is 6.92 Å². The first-order chi connectivity index (χ1) is 8.18. The minimum atomic E-state index is -0.171. The second kappa shape index (κ2) is 4.91. The van der Waals surface area contributed by atoms with Gasteiger partial charge in [-0.25, -0.2) is 0 Å². The Bertz CT molecular complexity index is 454. The summed E-state index contributed by atoms with van der Waals surface area (Å²) in [6.45, 7) is 7.05. The molecule has 1 amide bonds. The van der Waals surface area contributed by atoms with E-state index in [1.807, 2.05) is 6.92 Å². The normalized spacial score (nSPS) is 13.0. The highest BCUT2D eigenvalue weighted by molar-refractivity contribution is 5.98. The standard InChI is InChI=1S/C13H15NO3/c1-9(2)8-14-13(15)10-4-3-5-11-12(10)17-7-6-16-11/h3-5H,1,6-8H2,2H3,(H,14,15). The van der Waals surface area contributed by atoms with Crippen LogP contribution in [0.4, 0.5) is 0 Å². The monoisotopic (exact) mass is 233 g/mol. The van der Waals surface area contributed by atoms with E-state index < -0.39 is 0 Å². The van der Waals surface area contributed by atoms with Crippen LogP contribution >= 0.6 is 0 Å². The molecule has 1 aromatic rings. The van der Waals surface area contributed by atoms with Gasteiger partial charge >= 0.3 is 0 Å². The molecule has 4 nitrogen and oxygen atoms in total. The van der Waals surface area contributed by atoms with Gasteiger partial charge in [0.2, 0.25) is 0 Å². The fourth-order valence-electron chi connectivity index (χ4n) is 1.58. The van der Waals surface area contributed by atoms with Crippen molar-refractivity contribution in [3.8, 4) is 11.5 Å². The molecule has 0 radical (unpaired) electrons. The zero-order valence-electron chi connectivity index (χ0n) is 9.79. The van der Waals surface area contributed by atoms with Gasteiger partial charge in [0.25, 0.3) is 5.91 Å². The molecule has 4 heteroatoms. The van der Waals surface area contributed by atoms with Gasteiger partial charge in [-0.15, -0.1) is 0 Å². The van der Waals surface area contributed by atoms with Crippen molar-refractivity contribution in [2.75, 3.05) is 19.8 Å². The van der Waals surface area contributed by atoms with Crippen molar-refractivity contribution in [3.05, 3.63) is 35.9 Å². The molecule has 0 fully saturated rings. The second-order valence-electron chi connectivity index (χ2n) is 3.97. The van der Waals surface area contributed by atoms with Gasteiger partial charge in [-0.2, -0.15) is 0 Å². The molecule has 17 heavy (non-hydrogen) atoms. The zero-order valence-corrected chi connectivity index (χ0v) is 9.79. The molecule has 0 saturated heterocycles. The predicted molar refractivity (Wildman–Crippen MR) is 64.6 cm³/mol. The highest BCUT2D eigenvalue weighted by Crippen LogP contribution is 2.33. The number of amides is 1. The molecule has 0 spiro atoms. The van der Waals surface area contributed by atoms with E-state index in [9.17, 15) is 4.79 Å². The molecule has 1 aromatic carbocycles. The highest BCUT2D eigenvalue weighted by Gasteiger charge is 2.19. The first-order valence-corrected chi connectivity index (χ1v) is 5.49. The largest absolute Gasteiger partial charge is 0.486 e. The summed E-state index contributed by atoms with van der Waals surface area (Å²) >= 11 is 0. The SMILES string of the molecule is C=C(C)CNC(=O)c1cccc2c1OCCO2. The summed E-state index contributed by atoms with van der Waals surface area (Å²) in [6.07, 6.45) is 0. The lowest BCUT2D eigenvalue weighted by molar-refractivity contribution is 0.0946. The molecule has 0 unspecified atom stereocenters. The number of nitrogens with one attached hydrogen (secondary N) is 1. The number of benzene rings is 1. The van der Waals surface area contributed by atoms with E-state index >= 15 is 0 Å². The Kier molecular flexibility index (Phi) is 3.32. The highest BCUT2D eigenvalue weighted by atomic mass is 16.6. The van der Waals surface area contributed by atoms with Crippen LogP contribution in [-0.2, 0) is 0 Å². The summed E-state index contributed by atoms with van der Waals surface area (Å²) in [7, 11) is 0. The minimum absolute atomic E-state index is 0.171. The third-order valence-electron chi connectivity index (χ3n) is 2.36. The van der Waals surface area contributed by atoms with Gasteiger partial charge in [0.15, 0.2) is 11.5 Å². The minimum Gasteiger partial charge on any atom is -0.486 e. The summed E-state index contributed by atoms with van der Waals surface area (Å²) in [4.78, 5) is 11.9. The number of hydrogen-bond acceptors (Lipinski definition) is 3. The third-order valence-corrected chi connectivity index (χ3v) is 2.36. The topological polar surface area (TPSA) is 47.6 Å². The molecule has 0 bridgehead atoms. The molecular formula is C13H15NO3. The summed E-state index contributed by atoms with van der Waals surface area (Å²) in [5.74, 6) is 0.979. The van der Waals surface area contributed by atoms with Crippen molar-refractivity contribution in [2.24, 2.45) is 0 Å². The molecule has 0 aliphatic carbocycles. The predicted octanol–water partition coefficient (Wildman–Crippen LogP) is 1.76. The zero-order chi connectivity index (χ0) is 12.3. The van der Waals surface area contributed by atoms with Crippen molar-refractivity contribution in [3.63, 3.8) is 0 Å². The summed E-state index contributed by atoms with van der Waals surface area (Å²) in [5.41, 5.74) is 1.41. The fraction of sp³-hybridized carbons (Fsp3) is 0.308. The first kappa shape index (κ1) is 11.5. The number of carbonyl (C=O) groups is 1. The molecule has 90 valence electrons. The molecule has 2 rings (SSSR count). The number of ether oxygens (including phenoxy) is 2. The second-order valence-corrected chi connectivity index (χ2v) is 3.97. The smallest absolute Gasteiger partial charge is 0.255 e. The Balaban J connectivity index is 2.20. The van der Waals surface area contributed by atoms with Gasteiger partial charge in [-0.1, -0.05) is 18.2 Å². The van der Waals surface area contributed by atoms with Gasteiger partial charge in [0.1, 0.15) is 13.2 Å². The quantitative estimate of drug-likeness (QED) is 0.809. The number of para-hydroxylation sites is 1. The van der Waals surface area contributed by atoms with E-state index in [4.69, 9.17) is 9.47 Å². The van der Waals surface area contributed by atoms with Crippen molar-refractivity contribution in [1.82, 2.24) is 5.32 Å². The lowest BCUT2D eigenvalue weighted by Crippen LogP contribution is -2.26. The number of carbonyl (C=O) groups excluding carboxylic acids is 1. The Morgan fingerprint density at radius 3 is 2.94 bits per heavy atom. The first-order valence-electron chi connectivity index (χ1n) is 5.49. The summed E-state index contributed by atoms with van der Waals surface area (Å²) in [6, 6.07) is 5.30. The van der Waals surface area contributed by atoms with Gasteiger partial charge in [0, 0.05) is 6.54 Å². The van der Waals surface area contributed by atoms with E-state index in [1.165, 1.54) is 0 Å². The van der Waals surface area contributed by atoms with Crippen LogP contribution in [0.1, 0.15) is 17.3 Å². The maximum absolute atomic E-state index is 11.9. The third kappa shape index (κ3) is 2.58. The summed E-state index contributed by atoms with van der Waals surface area (Å²) < 4.78 is 10.9. The molecule has 1 aliphatic rings. The Morgan fingerprint density at radius 1 is 1.41 bits per heavy atom. The van der Waals surface area contributed by atoms with Crippen LogP contribution in [0.15, 0.2) is 30.4 Å². The fourth-order valence-corrected chi connectivity index (χ4v) is 1.58. The average molecular weight is 233 g/mol. The lowest BCUT2D eigenvalue weighted by atomic mass is 10.1. The molecule has 0 atom stereocenters. The van der Waals surface area contributed by atoms with E-state index in [1.54, 1.807) is 18.2 Å². The number of rotatable bonds is 3. The molecular weight excluding hydrogens is 218 g/mol. The van der Waals surface area contributed by atoms with E-state index in [0.29, 0.717) is 36.8 Å². The van der Waals surface area contributed by atoms with Crippen LogP contribution in [0.2, 0.25) is 0 Å². The van der Waals surface area contributed by atoms with Crippen LogP contribution in [-0.4, -0.2) is 25.7 Å². The maximum Gasteiger partial charge on any atom is 0.255 e. The Morgan fingerprint density at radius 2 is 2.18 bits per heavy atom. The van der Waals surface area contributed by atoms with Crippen molar-refractivity contribution >= 4 is 5.91 Å². The molecule has 0 saturated carbocycles. The Hall–Kier alpha value is -1.97. The Labute approximate surface area is 100 Å². The van der Waals surface area contributed by atoms with Crippen LogP contribution < -0.4 is 14.8 Å². The number of hydrogen-bond donors (Lipinski definition) is 1. The van der Waals surface area contributed by atoms with E-state index in [-0.39, 0.29) is 5.91 Å². The molecule has 1 aliphatic heterocycles. The van der Waals surface area contributed by atoms with Crippen LogP contribution in [0.3, 0.4) is 0 Å². The van der Waals surface area contributed by atoms with Crippen molar-refractivity contribution < 1.29 is 14.3 Å². The summed E-state index contributed by atoms with van der Waals surface area (Å²) in [5, 5.41) is 2.77. The molecule has 1 N–H and O–H groups in total. The van der Waals surface area contributed by atoms with Gasteiger partial charge in [0.05, 0.1) is 5.56 Å². The van der Waals surface area contributed by atoms with Crippen LogP contribution in [0, 0.1) is 0 Å². The van der Waals surface area contributed by atoms with Crippen molar-refractivity contribution in [1.29, 1.82) is 0 Å². The maximum atomic E-state index is 11.9. The lowest BCUT2D eigenvalue weighted by Gasteiger charge is -2.20. The average Bonchev–Trinajstić information content (AvgIpc) is 2.35. The molecule has 1 heterocycles. The van der Waals surface area contributed by atoms with Gasteiger partial charge < -0.3 is 14.8 Å².